The minimum Gasteiger partial charge on any atom is -0.497 e. The molecule has 2 atom stereocenters. The van der Waals surface area contributed by atoms with Crippen LogP contribution < -0.4 is 14.8 Å². The van der Waals surface area contributed by atoms with E-state index in [4.69, 9.17) is 14.3 Å². The average Bonchev–Trinajstić information content (AvgIpc) is 3.46. The Kier molecular flexibility index (Phi) is 5.00. The van der Waals surface area contributed by atoms with Gasteiger partial charge in [-0.05, 0) is 35.0 Å². The van der Waals surface area contributed by atoms with Crippen molar-refractivity contribution in [2.75, 3.05) is 19.5 Å². The van der Waals surface area contributed by atoms with Crippen LogP contribution in [0.1, 0.15) is 21.5 Å². The van der Waals surface area contributed by atoms with Crippen LogP contribution in [-0.4, -0.2) is 31.6 Å². The summed E-state index contributed by atoms with van der Waals surface area (Å²) in [4.78, 5) is 33.8. The largest absolute Gasteiger partial charge is 0.497 e. The first kappa shape index (κ1) is 21.9. The molecule has 1 amide bonds. The number of Topliss-reactive ketones (excluding diaryl/α,β-unsaturated/α-hetero) is 1. The fourth-order valence-corrected chi connectivity index (χ4v) is 5.08. The van der Waals surface area contributed by atoms with E-state index in [0.717, 1.165) is 10.8 Å². The number of rotatable bonds is 5. The fraction of sp³-hybridized carbons (Fsp3) is 0.138. The maximum absolute atomic E-state index is 14.3. The summed E-state index contributed by atoms with van der Waals surface area (Å²) in [6.45, 7) is 0. The van der Waals surface area contributed by atoms with Crippen LogP contribution in [0.5, 0.6) is 11.5 Å². The van der Waals surface area contributed by atoms with Gasteiger partial charge in [-0.15, -0.1) is 0 Å². The number of hydrogen-bond acceptors (Lipinski definition) is 6. The number of anilines is 1. The molecule has 2 aliphatic heterocycles. The lowest BCUT2D eigenvalue weighted by Crippen LogP contribution is -2.46. The lowest BCUT2D eigenvalue weighted by Gasteiger charge is -2.27. The van der Waals surface area contributed by atoms with Crippen LogP contribution in [0, 0.1) is 5.92 Å². The first-order valence-corrected chi connectivity index (χ1v) is 11.5. The number of ketones is 1. The van der Waals surface area contributed by atoms with Crippen molar-refractivity contribution in [3.63, 3.8) is 0 Å². The summed E-state index contributed by atoms with van der Waals surface area (Å²) in [6, 6.07) is 25.8. The summed E-state index contributed by atoms with van der Waals surface area (Å²) in [5.41, 5.74) is 0.851. The van der Waals surface area contributed by atoms with E-state index in [2.05, 4.69) is 10.5 Å². The second-order valence-electron chi connectivity index (χ2n) is 8.73. The normalized spacial score (nSPS) is 20.0. The second kappa shape index (κ2) is 8.23. The molecule has 7 nitrogen and oxygen atoms in total. The van der Waals surface area contributed by atoms with Crippen LogP contribution in [0.2, 0.25) is 0 Å². The molecule has 36 heavy (non-hydrogen) atoms. The van der Waals surface area contributed by atoms with Gasteiger partial charge in [-0.1, -0.05) is 59.8 Å². The predicted octanol–water partition coefficient (Wildman–Crippen LogP) is 4.94. The van der Waals surface area contributed by atoms with E-state index in [-0.39, 0.29) is 5.78 Å². The predicted molar refractivity (Wildman–Crippen MR) is 136 cm³/mol. The van der Waals surface area contributed by atoms with Crippen molar-refractivity contribution in [2.45, 2.75) is 5.60 Å². The van der Waals surface area contributed by atoms with Crippen LogP contribution in [0.3, 0.4) is 0 Å². The van der Waals surface area contributed by atoms with Gasteiger partial charge in [0.25, 0.3) is 11.5 Å². The molecule has 0 fully saturated rings. The van der Waals surface area contributed by atoms with Gasteiger partial charge in [0.05, 0.1) is 14.2 Å². The molecule has 0 saturated carbocycles. The van der Waals surface area contributed by atoms with E-state index in [0.29, 0.717) is 39.6 Å². The number of para-hydroxylation sites is 1. The number of nitrogens with one attached hydrogen (secondary N) is 1. The Morgan fingerprint density at radius 2 is 1.69 bits per heavy atom. The van der Waals surface area contributed by atoms with E-state index >= 15 is 0 Å². The van der Waals surface area contributed by atoms with Crippen LogP contribution in [0.25, 0.3) is 10.8 Å². The smallest absolute Gasteiger partial charge is 0.277 e. The molecule has 2 heterocycles. The molecule has 1 spiro atoms. The van der Waals surface area contributed by atoms with Gasteiger partial charge in [-0.25, -0.2) is 0 Å². The van der Waals surface area contributed by atoms with Gasteiger partial charge in [0.1, 0.15) is 23.1 Å². The fourth-order valence-electron chi connectivity index (χ4n) is 5.08. The summed E-state index contributed by atoms with van der Waals surface area (Å²) in [5.74, 6) is -0.719. The highest BCUT2D eigenvalue weighted by atomic mass is 16.7. The summed E-state index contributed by atoms with van der Waals surface area (Å²) in [6.07, 6.45) is 0. The monoisotopic (exact) mass is 478 g/mol. The molecule has 0 aliphatic carbocycles. The molecule has 1 N–H and O–H groups in total. The highest BCUT2D eigenvalue weighted by Crippen LogP contribution is 2.50. The molecule has 0 saturated heterocycles. The SMILES string of the molecule is COc1ccc(C2=NO[C@@]3(C(=O)Nc4ccccc43)[C@@H]2C(=O)c2ccc3ccccc3c2)c(OC)c1. The Morgan fingerprint density at radius 3 is 2.50 bits per heavy atom. The van der Waals surface area contributed by atoms with Gasteiger partial charge in [-0.3, -0.25) is 9.59 Å². The average molecular weight is 479 g/mol. The molecule has 4 aromatic carbocycles. The number of amides is 1. The van der Waals surface area contributed by atoms with Gasteiger partial charge in [0.2, 0.25) is 0 Å². The maximum atomic E-state index is 14.3. The number of methoxy groups -OCH3 is 2. The van der Waals surface area contributed by atoms with E-state index in [1.807, 2.05) is 48.5 Å². The molecular weight excluding hydrogens is 456 g/mol. The Labute approximate surface area is 207 Å². The Hall–Kier alpha value is -4.65. The number of fused-ring (bicyclic) bond motifs is 3. The Bertz CT molecular complexity index is 1580. The summed E-state index contributed by atoms with van der Waals surface area (Å²) in [7, 11) is 3.09. The molecule has 4 aromatic rings. The third-order valence-corrected chi connectivity index (χ3v) is 6.86. The van der Waals surface area contributed by atoms with Gasteiger partial charge in [0.15, 0.2) is 5.78 Å². The summed E-state index contributed by atoms with van der Waals surface area (Å²) >= 11 is 0. The number of hydrogen-bond donors (Lipinski definition) is 1. The molecule has 0 radical (unpaired) electrons. The standard InChI is InChI=1S/C29H22N2O5/c1-34-20-13-14-21(24(16-20)35-2)26-25(27(32)19-12-11-17-7-3-4-8-18(17)15-19)29(36-31-26)22-9-5-6-10-23(22)30-28(29)33/h3-16,25H,1-2H3,(H,30,33)/t25-,29+/m0/s1. The third-order valence-electron chi connectivity index (χ3n) is 6.86. The highest BCUT2D eigenvalue weighted by Gasteiger charge is 2.63. The van der Waals surface area contributed by atoms with Crippen molar-refractivity contribution in [3.05, 3.63) is 102 Å². The second-order valence-corrected chi connectivity index (χ2v) is 8.73. The van der Waals surface area contributed by atoms with Crippen molar-refractivity contribution in [1.29, 1.82) is 0 Å². The van der Waals surface area contributed by atoms with Crippen molar-refractivity contribution in [3.8, 4) is 11.5 Å². The quantitative estimate of drug-likeness (QED) is 0.411. The molecule has 0 unspecified atom stereocenters. The Morgan fingerprint density at radius 1 is 0.917 bits per heavy atom. The lowest BCUT2D eigenvalue weighted by molar-refractivity contribution is -0.140. The molecule has 7 heteroatoms. The minimum absolute atomic E-state index is 0.276. The lowest BCUT2D eigenvalue weighted by atomic mass is 9.74. The molecule has 178 valence electrons. The number of nitrogens with zero attached hydrogens (tertiary/aromatic N) is 1. The zero-order valence-corrected chi connectivity index (χ0v) is 19.6. The maximum Gasteiger partial charge on any atom is 0.277 e. The van der Waals surface area contributed by atoms with E-state index in [9.17, 15) is 9.59 Å². The van der Waals surface area contributed by atoms with Crippen LogP contribution in [0.4, 0.5) is 5.69 Å². The van der Waals surface area contributed by atoms with Crippen LogP contribution >= 0.6 is 0 Å². The number of benzene rings is 4. The number of carbonyl (C=O) groups excluding carboxylic acids is 2. The van der Waals surface area contributed by atoms with Crippen molar-refractivity contribution in [1.82, 2.24) is 0 Å². The third kappa shape index (κ3) is 3.09. The topological polar surface area (TPSA) is 86.2 Å². The highest BCUT2D eigenvalue weighted by molar-refractivity contribution is 6.25. The molecule has 0 bridgehead atoms. The first-order chi connectivity index (χ1) is 17.6. The molecule has 2 aliphatic rings. The zero-order valence-electron chi connectivity index (χ0n) is 19.6. The van der Waals surface area contributed by atoms with Gasteiger partial charge >= 0.3 is 0 Å². The van der Waals surface area contributed by atoms with E-state index in [1.54, 1.807) is 43.5 Å². The van der Waals surface area contributed by atoms with Gasteiger partial charge in [-0.2, -0.15) is 0 Å². The van der Waals surface area contributed by atoms with Crippen LogP contribution in [0.15, 0.2) is 90.1 Å². The zero-order chi connectivity index (χ0) is 24.9. The van der Waals surface area contributed by atoms with Gasteiger partial charge < -0.3 is 19.6 Å². The van der Waals surface area contributed by atoms with Crippen molar-refractivity contribution >= 4 is 33.9 Å². The Balaban J connectivity index is 1.55. The minimum atomic E-state index is -1.64. The number of carbonyl (C=O) groups is 2. The van der Waals surface area contributed by atoms with Crippen LogP contribution in [-0.2, 0) is 15.2 Å². The first-order valence-electron chi connectivity index (χ1n) is 11.5. The number of ether oxygens (including phenoxy) is 2. The van der Waals surface area contributed by atoms with Gasteiger partial charge in [0, 0.05) is 28.4 Å². The van der Waals surface area contributed by atoms with Crippen molar-refractivity contribution in [2.24, 2.45) is 11.1 Å². The van der Waals surface area contributed by atoms with Crippen molar-refractivity contribution < 1.29 is 23.9 Å². The van der Waals surface area contributed by atoms with E-state index in [1.165, 1.54) is 7.11 Å². The molecular formula is C29H22N2O5. The summed E-state index contributed by atoms with van der Waals surface area (Å²) < 4.78 is 10.9. The van der Waals surface area contributed by atoms with E-state index < -0.39 is 17.4 Å². The molecule has 0 aromatic heterocycles. The number of oxime groups is 1. The summed E-state index contributed by atoms with van der Waals surface area (Å²) in [5, 5.41) is 9.17. The molecule has 6 rings (SSSR count).